The third-order valence-corrected chi connectivity index (χ3v) is 4.12. The Kier molecular flexibility index (Phi) is 6.78. The van der Waals surface area contributed by atoms with E-state index in [0.717, 1.165) is 19.3 Å². The van der Waals surface area contributed by atoms with E-state index in [0.29, 0.717) is 29.4 Å². The minimum Gasteiger partial charge on any atom is -0.494 e. The normalized spacial score (nSPS) is 10.5. The average molecular weight is 376 g/mol. The Bertz CT molecular complexity index is 857. The zero-order valence-electron chi connectivity index (χ0n) is 15.6. The van der Waals surface area contributed by atoms with E-state index in [1.165, 1.54) is 18.8 Å². The number of carbonyl (C=O) groups excluding carboxylic acids is 1. The molecule has 1 heterocycles. The number of nitrogens with one attached hydrogen (secondary N) is 1. The van der Waals surface area contributed by atoms with Crippen LogP contribution in [0.2, 0.25) is 0 Å². The molecule has 2 aromatic rings. The van der Waals surface area contributed by atoms with E-state index in [2.05, 4.69) is 11.9 Å². The van der Waals surface area contributed by atoms with E-state index in [1.807, 2.05) is 5.43 Å². The van der Waals surface area contributed by atoms with Crippen LogP contribution in [-0.2, 0) is 6.42 Å². The van der Waals surface area contributed by atoms with Crippen LogP contribution >= 0.6 is 0 Å². The first-order valence-corrected chi connectivity index (χ1v) is 8.57. The zero-order valence-corrected chi connectivity index (χ0v) is 15.6. The van der Waals surface area contributed by atoms with Crippen LogP contribution in [0, 0.1) is 0 Å². The molecule has 0 aliphatic rings. The topological polar surface area (TPSA) is 129 Å². The summed E-state index contributed by atoms with van der Waals surface area (Å²) in [5.74, 6) is 4.55. The number of amides is 1. The van der Waals surface area contributed by atoms with Crippen LogP contribution in [-0.4, -0.2) is 34.8 Å². The molecule has 9 nitrogen and oxygen atoms in total. The molecule has 0 atom stereocenters. The fourth-order valence-corrected chi connectivity index (χ4v) is 2.81. The van der Waals surface area contributed by atoms with Crippen LogP contribution in [0.4, 0.5) is 0 Å². The second kappa shape index (κ2) is 9.04. The molecule has 9 heteroatoms. The summed E-state index contributed by atoms with van der Waals surface area (Å²) in [7, 11) is 2.92. The van der Waals surface area contributed by atoms with Gasteiger partial charge in [0.1, 0.15) is 23.0 Å². The molecule has 146 valence electrons. The maximum Gasteiger partial charge on any atom is 0.276 e. The van der Waals surface area contributed by atoms with Crippen molar-refractivity contribution in [1.29, 1.82) is 0 Å². The molecule has 0 unspecified atom stereocenters. The first-order chi connectivity index (χ1) is 13.0. The summed E-state index contributed by atoms with van der Waals surface area (Å²) < 4.78 is 12.0. The van der Waals surface area contributed by atoms with Crippen molar-refractivity contribution in [3.8, 4) is 23.1 Å². The van der Waals surface area contributed by atoms with E-state index in [1.54, 1.807) is 18.2 Å². The number of nitrogens with two attached hydrogens (primary N) is 1. The van der Waals surface area contributed by atoms with Gasteiger partial charge in [0.2, 0.25) is 5.88 Å². The molecule has 0 saturated heterocycles. The summed E-state index contributed by atoms with van der Waals surface area (Å²) >= 11 is 0. The highest BCUT2D eigenvalue weighted by atomic mass is 16.5. The number of methoxy groups -OCH3 is 2. The lowest BCUT2D eigenvalue weighted by Gasteiger charge is -2.19. The van der Waals surface area contributed by atoms with Gasteiger partial charge in [-0.15, -0.1) is 0 Å². The van der Waals surface area contributed by atoms with E-state index in [-0.39, 0.29) is 0 Å². The van der Waals surface area contributed by atoms with Crippen LogP contribution in [0.3, 0.4) is 0 Å². The summed E-state index contributed by atoms with van der Waals surface area (Å²) in [5.41, 5.74) is 0.844. The van der Waals surface area contributed by atoms with E-state index >= 15 is 0 Å². The fraction of sp³-hybridized carbons (Fsp3) is 0.389. The molecule has 0 radical (unpaired) electrons. The van der Waals surface area contributed by atoms with Crippen molar-refractivity contribution in [2.75, 3.05) is 14.2 Å². The van der Waals surface area contributed by atoms with Gasteiger partial charge in [-0.25, -0.2) is 5.84 Å². The summed E-state index contributed by atoms with van der Waals surface area (Å²) in [6.07, 6.45) is 3.07. The quantitative estimate of drug-likeness (QED) is 0.274. The van der Waals surface area contributed by atoms with Gasteiger partial charge >= 0.3 is 0 Å². The molecule has 0 spiro atoms. The molecule has 0 aliphatic heterocycles. The lowest BCUT2D eigenvalue weighted by Crippen LogP contribution is -2.38. The largest absolute Gasteiger partial charge is 0.494 e. The molecular weight excluding hydrogens is 352 g/mol. The zero-order chi connectivity index (χ0) is 20.0. The minimum absolute atomic E-state index is 0.294. The lowest BCUT2D eigenvalue weighted by atomic mass is 10.1. The Balaban J connectivity index is 2.84. The number of nitrogen functional groups attached to an aromatic ring is 1. The van der Waals surface area contributed by atoms with Crippen molar-refractivity contribution in [3.63, 3.8) is 0 Å². The van der Waals surface area contributed by atoms with Crippen molar-refractivity contribution in [3.05, 3.63) is 39.9 Å². The number of carbonyl (C=O) groups is 1. The number of aromatic hydroxyl groups is 1. The molecule has 1 aromatic carbocycles. The van der Waals surface area contributed by atoms with Crippen LogP contribution in [0.5, 0.6) is 17.4 Å². The maximum atomic E-state index is 13.1. The number of aromatic nitrogens is 2. The van der Waals surface area contributed by atoms with E-state index < -0.39 is 22.9 Å². The summed E-state index contributed by atoms with van der Waals surface area (Å²) in [5, 5.41) is 10.2. The molecule has 0 aliphatic carbocycles. The highest BCUT2D eigenvalue weighted by molar-refractivity contribution is 5.95. The van der Waals surface area contributed by atoms with E-state index in [9.17, 15) is 14.7 Å². The number of nitrogens with zero attached hydrogens (tertiary/aromatic N) is 2. The Morgan fingerprint density at radius 1 is 1.26 bits per heavy atom. The number of hydrogen-bond acceptors (Lipinski definition) is 7. The molecule has 1 amide bonds. The van der Waals surface area contributed by atoms with E-state index in [4.69, 9.17) is 15.3 Å². The van der Waals surface area contributed by atoms with Crippen molar-refractivity contribution in [1.82, 2.24) is 15.0 Å². The molecular formula is C18H24N4O5. The second-order valence-corrected chi connectivity index (χ2v) is 5.81. The van der Waals surface area contributed by atoms with Crippen LogP contribution in [0.1, 0.15) is 42.4 Å². The molecule has 0 fully saturated rings. The third-order valence-electron chi connectivity index (χ3n) is 4.12. The molecule has 0 bridgehead atoms. The highest BCUT2D eigenvalue weighted by Gasteiger charge is 2.25. The third kappa shape index (κ3) is 4.03. The predicted octanol–water partition coefficient (Wildman–Crippen LogP) is 1.29. The minimum atomic E-state index is -0.937. The number of benzene rings is 1. The van der Waals surface area contributed by atoms with Crippen LogP contribution in [0.25, 0.3) is 5.69 Å². The number of aryl methyl sites for hydroxylation is 1. The smallest absolute Gasteiger partial charge is 0.276 e. The summed E-state index contributed by atoms with van der Waals surface area (Å²) in [6, 6.07) is 5.04. The SMILES string of the molecule is CCCCCc1nc(O)c(C(=O)NN)c(=O)n1-c1c(OC)cccc1OC. The van der Waals surface area contributed by atoms with Gasteiger partial charge in [-0.2, -0.15) is 4.98 Å². The lowest BCUT2D eigenvalue weighted by molar-refractivity contribution is 0.0948. The first-order valence-electron chi connectivity index (χ1n) is 8.57. The van der Waals surface area contributed by atoms with Gasteiger partial charge in [-0.1, -0.05) is 25.8 Å². The van der Waals surface area contributed by atoms with Gasteiger partial charge in [-0.3, -0.25) is 19.6 Å². The second-order valence-electron chi connectivity index (χ2n) is 5.81. The summed E-state index contributed by atoms with van der Waals surface area (Å²) in [4.78, 5) is 29.2. The molecule has 27 heavy (non-hydrogen) atoms. The van der Waals surface area contributed by atoms with Gasteiger partial charge in [-0.05, 0) is 18.6 Å². The number of para-hydroxylation sites is 1. The Hall–Kier alpha value is -3.07. The Morgan fingerprint density at radius 2 is 1.89 bits per heavy atom. The maximum absolute atomic E-state index is 13.1. The average Bonchev–Trinajstić information content (AvgIpc) is 2.67. The molecule has 4 N–H and O–H groups in total. The molecule has 0 saturated carbocycles. The van der Waals surface area contributed by atoms with Gasteiger partial charge < -0.3 is 14.6 Å². The van der Waals surface area contributed by atoms with Crippen molar-refractivity contribution in [2.24, 2.45) is 5.84 Å². The summed E-state index contributed by atoms with van der Waals surface area (Å²) in [6.45, 7) is 2.05. The predicted molar refractivity (Wildman–Crippen MR) is 99.5 cm³/mol. The van der Waals surface area contributed by atoms with Crippen molar-refractivity contribution >= 4 is 5.91 Å². The molecule has 1 aromatic heterocycles. The molecule has 2 rings (SSSR count). The van der Waals surface area contributed by atoms with Crippen LogP contribution < -0.4 is 26.3 Å². The number of hydrazine groups is 1. The van der Waals surface area contributed by atoms with Crippen molar-refractivity contribution < 1.29 is 19.4 Å². The van der Waals surface area contributed by atoms with Gasteiger partial charge in [0.25, 0.3) is 11.5 Å². The van der Waals surface area contributed by atoms with Crippen molar-refractivity contribution in [2.45, 2.75) is 32.6 Å². The van der Waals surface area contributed by atoms with Gasteiger partial charge in [0.15, 0.2) is 5.56 Å². The Morgan fingerprint density at radius 3 is 2.41 bits per heavy atom. The number of rotatable bonds is 8. The standard InChI is InChI=1S/C18H24N4O5/c1-4-5-6-10-13-20-16(23)14(17(24)21-19)18(25)22(13)15-11(26-2)8-7-9-12(15)27-3/h7-9,23H,4-6,10,19H2,1-3H3,(H,21,24). The monoisotopic (exact) mass is 376 g/mol. The fourth-order valence-electron chi connectivity index (χ4n) is 2.81. The van der Waals surface area contributed by atoms with Gasteiger partial charge in [0.05, 0.1) is 14.2 Å². The van der Waals surface area contributed by atoms with Gasteiger partial charge in [0, 0.05) is 6.42 Å². The Labute approximate surface area is 156 Å². The number of hydrogen-bond donors (Lipinski definition) is 3. The first kappa shape index (κ1) is 20.2. The number of unbranched alkanes of at least 4 members (excludes halogenated alkanes) is 2. The number of ether oxygens (including phenoxy) is 2. The highest BCUT2D eigenvalue weighted by Crippen LogP contribution is 2.33. The van der Waals surface area contributed by atoms with Crippen LogP contribution in [0.15, 0.2) is 23.0 Å².